The maximum Gasteiger partial charge on any atom is 0.258 e. The topological polar surface area (TPSA) is 84.8 Å². The highest BCUT2D eigenvalue weighted by Crippen LogP contribution is 2.36. The number of aromatic nitrogens is 4. The SMILES string of the molecule is Cc1cc2c(cn1)cc(-c1cc(Nc3cc(C4Cc5ccccc5O4)[nH]n3)ccc1C)c(=O)n2C. The molecule has 0 fully saturated rings. The van der Waals surface area contributed by atoms with Gasteiger partial charge >= 0.3 is 0 Å². The van der Waals surface area contributed by atoms with Crippen LogP contribution in [0, 0.1) is 13.8 Å². The van der Waals surface area contributed by atoms with E-state index >= 15 is 0 Å². The van der Waals surface area contributed by atoms with Gasteiger partial charge in [-0.3, -0.25) is 14.9 Å². The quantitative estimate of drug-likeness (QED) is 0.375. The summed E-state index contributed by atoms with van der Waals surface area (Å²) in [6.45, 7) is 3.94. The number of hydrogen-bond acceptors (Lipinski definition) is 5. The van der Waals surface area contributed by atoms with Gasteiger partial charge in [0.15, 0.2) is 5.82 Å². The molecule has 5 aromatic rings. The Bertz CT molecular complexity index is 1620. The molecule has 2 N–H and O–H groups in total. The normalized spacial score (nSPS) is 14.7. The van der Waals surface area contributed by atoms with Crippen molar-refractivity contribution in [2.45, 2.75) is 26.4 Å². The number of rotatable bonds is 4. The van der Waals surface area contributed by atoms with E-state index in [9.17, 15) is 4.79 Å². The number of aryl methyl sites for hydroxylation is 3. The standard InChI is InChI=1S/C28H25N5O2/c1-16-8-9-20(13-21(16)22-11-19-15-29-17(2)10-24(19)33(3)28(22)34)30-27-14-23(31-32-27)26-12-18-6-4-5-7-25(18)35-26/h4-11,13-15,26H,12H2,1-3H3,(H2,30,31,32). The lowest BCUT2D eigenvalue weighted by Crippen LogP contribution is -2.19. The summed E-state index contributed by atoms with van der Waals surface area (Å²) in [5.41, 5.74) is 7.23. The first-order chi connectivity index (χ1) is 17.0. The zero-order valence-electron chi connectivity index (χ0n) is 19.8. The zero-order valence-corrected chi connectivity index (χ0v) is 19.8. The van der Waals surface area contributed by atoms with Gasteiger partial charge in [0.2, 0.25) is 0 Å². The predicted molar refractivity (Wildman–Crippen MR) is 137 cm³/mol. The van der Waals surface area contributed by atoms with E-state index < -0.39 is 0 Å². The number of aromatic amines is 1. The molecule has 7 heteroatoms. The summed E-state index contributed by atoms with van der Waals surface area (Å²) in [5.74, 6) is 1.62. The summed E-state index contributed by atoms with van der Waals surface area (Å²) in [6.07, 6.45) is 2.55. The molecule has 0 saturated heterocycles. The van der Waals surface area contributed by atoms with E-state index in [1.165, 1.54) is 5.56 Å². The van der Waals surface area contributed by atoms with Crippen LogP contribution in [0.4, 0.5) is 11.5 Å². The molecule has 0 saturated carbocycles. The molecule has 7 nitrogen and oxygen atoms in total. The van der Waals surface area contributed by atoms with Crippen molar-refractivity contribution in [3.8, 4) is 16.9 Å². The highest BCUT2D eigenvalue weighted by atomic mass is 16.5. The zero-order chi connectivity index (χ0) is 24.1. The highest BCUT2D eigenvalue weighted by Gasteiger charge is 2.25. The molecule has 1 aliphatic heterocycles. The second kappa shape index (κ2) is 8.13. The Morgan fingerprint density at radius 1 is 1.06 bits per heavy atom. The smallest absolute Gasteiger partial charge is 0.258 e. The van der Waals surface area contributed by atoms with Gasteiger partial charge < -0.3 is 14.6 Å². The third-order valence-corrected chi connectivity index (χ3v) is 6.64. The van der Waals surface area contributed by atoms with Crippen LogP contribution >= 0.6 is 0 Å². The fourth-order valence-electron chi connectivity index (χ4n) is 4.72. The maximum atomic E-state index is 13.3. The van der Waals surface area contributed by atoms with Crippen LogP contribution in [0.15, 0.2) is 71.7 Å². The molecular weight excluding hydrogens is 438 g/mol. The molecule has 0 bridgehead atoms. The molecule has 174 valence electrons. The highest BCUT2D eigenvalue weighted by molar-refractivity contribution is 5.85. The molecule has 35 heavy (non-hydrogen) atoms. The van der Waals surface area contributed by atoms with Crippen molar-refractivity contribution in [3.05, 3.63) is 99.7 Å². The third kappa shape index (κ3) is 3.75. The van der Waals surface area contributed by atoms with Crippen LogP contribution in [-0.2, 0) is 13.5 Å². The average molecular weight is 464 g/mol. The monoisotopic (exact) mass is 463 g/mol. The summed E-state index contributed by atoms with van der Waals surface area (Å²) in [4.78, 5) is 17.7. The van der Waals surface area contributed by atoms with Gasteiger partial charge in [0, 0.05) is 48.1 Å². The Balaban J connectivity index is 1.30. The van der Waals surface area contributed by atoms with E-state index in [2.05, 4.69) is 26.6 Å². The molecule has 3 aromatic heterocycles. The molecule has 0 aliphatic carbocycles. The Hall–Kier alpha value is -4.39. The predicted octanol–water partition coefficient (Wildman–Crippen LogP) is 5.36. The first kappa shape index (κ1) is 21.2. The molecule has 1 aliphatic rings. The van der Waals surface area contributed by atoms with Crippen LogP contribution in [0.3, 0.4) is 0 Å². The van der Waals surface area contributed by atoms with Crippen molar-refractivity contribution in [1.82, 2.24) is 19.7 Å². The summed E-state index contributed by atoms with van der Waals surface area (Å²) < 4.78 is 7.77. The van der Waals surface area contributed by atoms with Crippen molar-refractivity contribution in [2.75, 3.05) is 5.32 Å². The van der Waals surface area contributed by atoms with Gasteiger partial charge in [-0.25, -0.2) is 0 Å². The summed E-state index contributed by atoms with van der Waals surface area (Å²) in [7, 11) is 1.81. The lowest BCUT2D eigenvalue weighted by atomic mass is 9.99. The number of ether oxygens (including phenoxy) is 1. The fourth-order valence-corrected chi connectivity index (χ4v) is 4.72. The third-order valence-electron chi connectivity index (χ3n) is 6.64. The number of para-hydroxylation sites is 1. The van der Waals surface area contributed by atoms with Gasteiger partial charge in [0.1, 0.15) is 11.9 Å². The van der Waals surface area contributed by atoms with E-state index in [0.29, 0.717) is 11.4 Å². The molecule has 0 spiro atoms. The number of nitrogens with one attached hydrogen (secondary N) is 2. The number of benzene rings is 2. The molecule has 6 rings (SSSR count). The molecule has 0 radical (unpaired) electrons. The lowest BCUT2D eigenvalue weighted by molar-refractivity contribution is 0.233. The fraction of sp³-hybridized carbons (Fsp3) is 0.179. The van der Waals surface area contributed by atoms with Crippen LogP contribution < -0.4 is 15.6 Å². The molecule has 1 atom stereocenters. The lowest BCUT2D eigenvalue weighted by Gasteiger charge is -2.13. The minimum atomic E-state index is -0.0816. The number of fused-ring (bicyclic) bond motifs is 2. The van der Waals surface area contributed by atoms with Crippen LogP contribution in [0.1, 0.15) is 28.6 Å². The summed E-state index contributed by atoms with van der Waals surface area (Å²) in [5, 5.41) is 11.8. The molecule has 2 aromatic carbocycles. The largest absolute Gasteiger partial charge is 0.484 e. The second-order valence-corrected chi connectivity index (χ2v) is 9.09. The van der Waals surface area contributed by atoms with Gasteiger partial charge in [0.25, 0.3) is 5.56 Å². The minimum Gasteiger partial charge on any atom is -0.484 e. The number of H-pyrrole nitrogens is 1. The molecular formula is C28H25N5O2. The van der Waals surface area contributed by atoms with Gasteiger partial charge in [-0.15, -0.1) is 0 Å². The van der Waals surface area contributed by atoms with Crippen LogP contribution in [0.5, 0.6) is 5.75 Å². The van der Waals surface area contributed by atoms with Crippen molar-refractivity contribution in [2.24, 2.45) is 7.05 Å². The van der Waals surface area contributed by atoms with E-state index in [-0.39, 0.29) is 11.7 Å². The first-order valence-corrected chi connectivity index (χ1v) is 11.6. The number of hydrogen-bond donors (Lipinski definition) is 2. The number of nitrogens with zero attached hydrogens (tertiary/aromatic N) is 3. The van der Waals surface area contributed by atoms with Crippen LogP contribution in [0.25, 0.3) is 22.0 Å². The van der Waals surface area contributed by atoms with E-state index in [4.69, 9.17) is 4.74 Å². The maximum absolute atomic E-state index is 13.3. The van der Waals surface area contributed by atoms with Crippen molar-refractivity contribution >= 4 is 22.4 Å². The first-order valence-electron chi connectivity index (χ1n) is 11.6. The van der Waals surface area contributed by atoms with E-state index in [0.717, 1.165) is 51.3 Å². The molecule has 0 amide bonds. The second-order valence-electron chi connectivity index (χ2n) is 9.09. The van der Waals surface area contributed by atoms with Gasteiger partial charge in [-0.2, -0.15) is 5.10 Å². The van der Waals surface area contributed by atoms with Crippen molar-refractivity contribution in [1.29, 1.82) is 0 Å². The summed E-state index contributed by atoms with van der Waals surface area (Å²) in [6, 6.07) is 19.9. The number of anilines is 2. The van der Waals surface area contributed by atoms with Crippen molar-refractivity contribution in [3.63, 3.8) is 0 Å². The van der Waals surface area contributed by atoms with Gasteiger partial charge in [-0.1, -0.05) is 24.3 Å². The Morgan fingerprint density at radius 2 is 1.91 bits per heavy atom. The molecule has 4 heterocycles. The Morgan fingerprint density at radius 3 is 2.77 bits per heavy atom. The van der Waals surface area contributed by atoms with Gasteiger partial charge in [0.05, 0.1) is 11.2 Å². The Kier molecular flexibility index (Phi) is 4.91. The average Bonchev–Trinajstić information content (AvgIpc) is 3.50. The van der Waals surface area contributed by atoms with Crippen molar-refractivity contribution < 1.29 is 4.74 Å². The summed E-state index contributed by atoms with van der Waals surface area (Å²) >= 11 is 0. The van der Waals surface area contributed by atoms with E-state index in [1.807, 2.05) is 74.6 Å². The van der Waals surface area contributed by atoms with Crippen LogP contribution in [-0.4, -0.2) is 19.7 Å². The minimum absolute atomic E-state index is 0.0386. The van der Waals surface area contributed by atoms with Crippen LogP contribution in [0.2, 0.25) is 0 Å². The van der Waals surface area contributed by atoms with Gasteiger partial charge in [-0.05, 0) is 60.9 Å². The Labute approximate surface area is 202 Å². The molecule has 1 unspecified atom stereocenters. The van der Waals surface area contributed by atoms with E-state index in [1.54, 1.807) is 11.6 Å². The number of pyridine rings is 2.